The third-order valence-electron chi connectivity index (χ3n) is 7.27. The SMILES string of the molecule is CCCCCCCCCCCCCCCCCCC(F)(CCCCCCCCCC)S(=O)(=O)O. The average Bonchev–Trinajstić information content (AvgIpc) is 2.79. The van der Waals surface area contributed by atoms with Gasteiger partial charge in [0.15, 0.2) is 0 Å². The first-order chi connectivity index (χ1) is 16.4. The Kier molecular flexibility index (Phi) is 23.1. The van der Waals surface area contributed by atoms with E-state index in [1.807, 2.05) is 0 Å². The number of halogens is 1. The van der Waals surface area contributed by atoms with Crippen LogP contribution in [0.5, 0.6) is 0 Å². The summed E-state index contributed by atoms with van der Waals surface area (Å²) < 4.78 is 47.8. The number of rotatable bonds is 27. The maximum absolute atomic E-state index is 15.0. The van der Waals surface area contributed by atoms with E-state index in [-0.39, 0.29) is 12.8 Å². The molecule has 1 N–H and O–H groups in total. The minimum atomic E-state index is -4.66. The molecular formula is C29H59FO3S. The molecule has 0 saturated heterocycles. The summed E-state index contributed by atoms with van der Waals surface area (Å²) in [6.45, 7) is 4.45. The zero-order chi connectivity index (χ0) is 25.4. The van der Waals surface area contributed by atoms with Gasteiger partial charge in [0, 0.05) is 0 Å². The Balaban J connectivity index is 3.68. The Hall–Kier alpha value is -0.160. The molecule has 5 heteroatoms. The molecule has 1 unspecified atom stereocenters. The van der Waals surface area contributed by atoms with E-state index in [9.17, 15) is 13.0 Å². The molecule has 0 spiro atoms. The highest BCUT2D eigenvalue weighted by atomic mass is 32.2. The zero-order valence-electron chi connectivity index (χ0n) is 22.9. The van der Waals surface area contributed by atoms with Crippen LogP contribution in [0.4, 0.5) is 4.39 Å². The van der Waals surface area contributed by atoms with E-state index in [1.54, 1.807) is 0 Å². The Morgan fingerprint density at radius 3 is 0.882 bits per heavy atom. The molecule has 0 aliphatic heterocycles. The van der Waals surface area contributed by atoms with E-state index < -0.39 is 15.1 Å². The van der Waals surface area contributed by atoms with Gasteiger partial charge in [-0.05, 0) is 25.7 Å². The third kappa shape index (κ3) is 20.1. The molecule has 0 amide bonds. The van der Waals surface area contributed by atoms with Crippen LogP contribution in [0.25, 0.3) is 0 Å². The van der Waals surface area contributed by atoms with Crippen LogP contribution in [-0.2, 0) is 10.1 Å². The van der Waals surface area contributed by atoms with E-state index in [0.717, 1.165) is 38.5 Å². The van der Waals surface area contributed by atoms with Crippen molar-refractivity contribution in [1.82, 2.24) is 0 Å². The summed E-state index contributed by atoms with van der Waals surface area (Å²) in [7, 11) is -4.66. The lowest BCUT2D eigenvalue weighted by atomic mass is 10.0. The molecule has 0 radical (unpaired) electrons. The quantitative estimate of drug-likeness (QED) is 0.0890. The van der Waals surface area contributed by atoms with Crippen LogP contribution in [0.1, 0.15) is 181 Å². The molecule has 1 atom stereocenters. The van der Waals surface area contributed by atoms with Crippen molar-refractivity contribution in [3.05, 3.63) is 0 Å². The molecule has 206 valence electrons. The lowest BCUT2D eigenvalue weighted by Gasteiger charge is -2.22. The maximum atomic E-state index is 15.0. The van der Waals surface area contributed by atoms with Gasteiger partial charge in [0.1, 0.15) is 0 Å². The Bertz CT molecular complexity index is 523. The van der Waals surface area contributed by atoms with Crippen LogP contribution in [0.3, 0.4) is 0 Å². The highest BCUT2D eigenvalue weighted by Gasteiger charge is 2.42. The van der Waals surface area contributed by atoms with E-state index in [2.05, 4.69) is 13.8 Å². The summed E-state index contributed by atoms with van der Waals surface area (Å²) in [6, 6.07) is 0. The first kappa shape index (κ1) is 33.8. The van der Waals surface area contributed by atoms with Gasteiger partial charge in [-0.3, -0.25) is 4.55 Å². The maximum Gasteiger partial charge on any atom is 0.300 e. The van der Waals surface area contributed by atoms with Gasteiger partial charge < -0.3 is 0 Å². The van der Waals surface area contributed by atoms with Crippen LogP contribution in [-0.4, -0.2) is 18.0 Å². The molecule has 0 heterocycles. The predicted octanol–water partition coefficient (Wildman–Crippen LogP) is 10.7. The van der Waals surface area contributed by atoms with Crippen molar-refractivity contribution < 1.29 is 17.4 Å². The van der Waals surface area contributed by atoms with Gasteiger partial charge in [-0.1, -0.05) is 155 Å². The van der Waals surface area contributed by atoms with Gasteiger partial charge in [0.25, 0.3) is 10.1 Å². The smallest absolute Gasteiger partial charge is 0.283 e. The van der Waals surface area contributed by atoms with Crippen LogP contribution >= 0.6 is 0 Å². The summed E-state index contributed by atoms with van der Waals surface area (Å²) in [4.78, 5) is 0. The van der Waals surface area contributed by atoms with Crippen LogP contribution < -0.4 is 0 Å². The molecule has 0 aromatic carbocycles. The predicted molar refractivity (Wildman–Crippen MR) is 147 cm³/mol. The van der Waals surface area contributed by atoms with Gasteiger partial charge in [-0.2, -0.15) is 8.42 Å². The molecule has 0 bridgehead atoms. The molecular weight excluding hydrogens is 447 g/mol. The summed E-state index contributed by atoms with van der Waals surface area (Å²) in [5.74, 6) is 0. The monoisotopic (exact) mass is 506 g/mol. The van der Waals surface area contributed by atoms with Gasteiger partial charge in [0.2, 0.25) is 5.00 Å². The van der Waals surface area contributed by atoms with Crippen molar-refractivity contribution in [2.45, 2.75) is 186 Å². The first-order valence-electron chi connectivity index (χ1n) is 15.0. The summed E-state index contributed by atoms with van der Waals surface area (Å²) >= 11 is 0. The molecule has 0 aliphatic carbocycles. The Labute approximate surface area is 213 Å². The molecule has 0 saturated carbocycles. The summed E-state index contributed by atoms with van der Waals surface area (Å²) in [5.41, 5.74) is 0. The number of hydrogen-bond donors (Lipinski definition) is 1. The fraction of sp³-hybridized carbons (Fsp3) is 1.00. The van der Waals surface area contributed by atoms with Crippen LogP contribution in [0, 0.1) is 0 Å². The topological polar surface area (TPSA) is 54.4 Å². The van der Waals surface area contributed by atoms with E-state index in [4.69, 9.17) is 0 Å². The summed E-state index contributed by atoms with van der Waals surface area (Å²) in [5, 5.41) is -2.45. The van der Waals surface area contributed by atoms with Crippen molar-refractivity contribution in [1.29, 1.82) is 0 Å². The van der Waals surface area contributed by atoms with Crippen molar-refractivity contribution in [3.8, 4) is 0 Å². The fourth-order valence-electron chi connectivity index (χ4n) is 4.84. The number of unbranched alkanes of at least 4 members (excludes halogenated alkanes) is 22. The van der Waals surface area contributed by atoms with Gasteiger partial charge >= 0.3 is 0 Å². The zero-order valence-corrected chi connectivity index (χ0v) is 23.8. The Morgan fingerprint density at radius 1 is 0.471 bits per heavy atom. The number of alkyl halides is 1. The normalized spacial score (nSPS) is 13.9. The molecule has 0 aliphatic rings. The molecule has 0 fully saturated rings. The molecule has 34 heavy (non-hydrogen) atoms. The van der Waals surface area contributed by atoms with Crippen LogP contribution in [0.2, 0.25) is 0 Å². The van der Waals surface area contributed by atoms with E-state index >= 15 is 4.39 Å². The minimum Gasteiger partial charge on any atom is -0.283 e. The lowest BCUT2D eigenvalue weighted by Crippen LogP contribution is -2.33. The van der Waals surface area contributed by atoms with Gasteiger partial charge in [-0.25, -0.2) is 4.39 Å². The van der Waals surface area contributed by atoms with Crippen molar-refractivity contribution >= 4 is 10.1 Å². The lowest BCUT2D eigenvalue weighted by molar-refractivity contribution is 0.203. The second kappa shape index (κ2) is 23.3. The van der Waals surface area contributed by atoms with E-state index in [1.165, 1.54) is 103 Å². The molecule has 0 aromatic heterocycles. The Morgan fingerprint density at radius 2 is 0.676 bits per heavy atom. The van der Waals surface area contributed by atoms with Gasteiger partial charge in [-0.15, -0.1) is 0 Å². The standard InChI is InChI=1S/C29H59FO3S/c1-3-5-7-9-11-13-14-15-16-17-18-19-20-22-24-26-28-29(30,34(31,32)33)27-25-23-21-12-10-8-6-4-2/h3-28H2,1-2H3,(H,31,32,33). The minimum absolute atomic E-state index is 0.0687. The van der Waals surface area contributed by atoms with Crippen molar-refractivity contribution in [3.63, 3.8) is 0 Å². The third-order valence-corrected chi connectivity index (χ3v) is 8.60. The fourth-order valence-corrected chi connectivity index (χ4v) is 5.65. The summed E-state index contributed by atoms with van der Waals surface area (Å²) in [6.07, 6.45) is 28.0. The first-order valence-corrected chi connectivity index (χ1v) is 16.5. The van der Waals surface area contributed by atoms with Gasteiger partial charge in [0.05, 0.1) is 0 Å². The van der Waals surface area contributed by atoms with E-state index in [0.29, 0.717) is 12.8 Å². The highest BCUT2D eigenvalue weighted by molar-refractivity contribution is 7.87. The second-order valence-electron chi connectivity index (χ2n) is 10.6. The molecule has 0 aromatic rings. The van der Waals surface area contributed by atoms with Crippen LogP contribution in [0.15, 0.2) is 0 Å². The highest BCUT2D eigenvalue weighted by Crippen LogP contribution is 2.32. The number of hydrogen-bond acceptors (Lipinski definition) is 2. The van der Waals surface area contributed by atoms with Crippen molar-refractivity contribution in [2.75, 3.05) is 0 Å². The largest absolute Gasteiger partial charge is 0.300 e. The molecule has 3 nitrogen and oxygen atoms in total. The average molecular weight is 507 g/mol. The second-order valence-corrected chi connectivity index (χ2v) is 12.3. The van der Waals surface area contributed by atoms with Crippen molar-refractivity contribution in [2.24, 2.45) is 0 Å². The molecule has 0 rings (SSSR count).